The third-order valence-corrected chi connectivity index (χ3v) is 3.39. The van der Waals surface area contributed by atoms with Gasteiger partial charge in [0.25, 0.3) is 0 Å². The van der Waals surface area contributed by atoms with E-state index in [0.29, 0.717) is 6.42 Å². The zero-order chi connectivity index (χ0) is 12.7. The average Bonchev–Trinajstić information content (AvgIpc) is 2.33. The Labute approximate surface area is 123 Å². The molecule has 0 saturated carbocycles. The molecule has 1 aromatic carbocycles. The Morgan fingerprint density at radius 1 is 1.28 bits per heavy atom. The number of hydrogen-bond donors (Lipinski definition) is 1. The molecule has 1 rings (SSSR count). The van der Waals surface area contributed by atoms with E-state index >= 15 is 0 Å². The normalized spacial score (nSPS) is 10.0. The van der Waals surface area contributed by atoms with Crippen LogP contribution in [0.1, 0.15) is 20.3 Å². The Morgan fingerprint density at radius 3 is 2.44 bits per heavy atom. The summed E-state index contributed by atoms with van der Waals surface area (Å²) in [4.78, 5) is 14.0. The van der Waals surface area contributed by atoms with Gasteiger partial charge in [0, 0.05) is 17.4 Å². The number of carbonyl (C=O) groups excluding carboxylic acids is 1. The summed E-state index contributed by atoms with van der Waals surface area (Å²) in [7, 11) is 0. The van der Waals surface area contributed by atoms with Gasteiger partial charge in [-0.2, -0.15) is 0 Å². The zero-order valence-electron chi connectivity index (χ0n) is 10.8. The molecule has 0 fully saturated rings. The smallest absolute Gasteiger partial charge is 0.225 e. The number of para-hydroxylation sites is 1. The molecule has 3 nitrogen and oxygen atoms in total. The second-order valence-electron chi connectivity index (χ2n) is 3.80. The Balaban J connectivity index is 0.00000289. The van der Waals surface area contributed by atoms with Gasteiger partial charge in [-0.3, -0.25) is 4.79 Å². The summed E-state index contributed by atoms with van der Waals surface area (Å²) < 4.78 is 0.913. The number of halogens is 2. The summed E-state index contributed by atoms with van der Waals surface area (Å²) in [5.41, 5.74) is 0.831. The predicted molar refractivity (Wildman–Crippen MR) is 82.4 cm³/mol. The van der Waals surface area contributed by atoms with Gasteiger partial charge < -0.3 is 10.2 Å². The monoisotopic (exact) mass is 334 g/mol. The highest BCUT2D eigenvalue weighted by Crippen LogP contribution is 2.21. The van der Waals surface area contributed by atoms with Gasteiger partial charge in [-0.05, 0) is 41.2 Å². The second kappa shape index (κ2) is 9.36. The van der Waals surface area contributed by atoms with Gasteiger partial charge in [0.2, 0.25) is 5.91 Å². The number of nitrogens with zero attached hydrogens (tertiary/aromatic N) is 1. The van der Waals surface area contributed by atoms with Crippen molar-refractivity contribution in [2.75, 3.05) is 25.0 Å². The third kappa shape index (κ3) is 5.85. The molecule has 0 spiro atoms. The van der Waals surface area contributed by atoms with Crippen LogP contribution in [-0.2, 0) is 4.79 Å². The highest BCUT2D eigenvalue weighted by atomic mass is 79.9. The maximum absolute atomic E-state index is 11.7. The minimum atomic E-state index is 0. The van der Waals surface area contributed by atoms with Crippen molar-refractivity contribution in [2.24, 2.45) is 0 Å². The summed E-state index contributed by atoms with van der Waals surface area (Å²) in [5, 5.41) is 2.90. The van der Waals surface area contributed by atoms with Crippen molar-refractivity contribution in [3.8, 4) is 0 Å². The lowest BCUT2D eigenvalue weighted by Crippen LogP contribution is -2.27. The maximum atomic E-state index is 11.7. The van der Waals surface area contributed by atoms with Gasteiger partial charge in [-0.1, -0.05) is 26.0 Å². The third-order valence-electron chi connectivity index (χ3n) is 2.70. The van der Waals surface area contributed by atoms with Crippen LogP contribution in [0.25, 0.3) is 0 Å². The number of nitrogens with one attached hydrogen (secondary N) is 1. The highest BCUT2D eigenvalue weighted by molar-refractivity contribution is 9.10. The molecule has 0 radical (unpaired) electrons. The molecule has 18 heavy (non-hydrogen) atoms. The van der Waals surface area contributed by atoms with Crippen LogP contribution < -0.4 is 5.32 Å². The number of amides is 1. The fraction of sp³-hybridized carbons (Fsp3) is 0.462. The van der Waals surface area contributed by atoms with Crippen molar-refractivity contribution in [3.63, 3.8) is 0 Å². The Hall–Kier alpha value is -0.580. The van der Waals surface area contributed by atoms with E-state index in [9.17, 15) is 4.79 Å². The van der Waals surface area contributed by atoms with Gasteiger partial charge in [-0.25, -0.2) is 0 Å². The van der Waals surface area contributed by atoms with E-state index in [-0.39, 0.29) is 18.3 Å². The Bertz CT molecular complexity index is 370. The van der Waals surface area contributed by atoms with Crippen molar-refractivity contribution < 1.29 is 4.79 Å². The van der Waals surface area contributed by atoms with E-state index in [1.807, 2.05) is 24.3 Å². The topological polar surface area (TPSA) is 32.3 Å². The van der Waals surface area contributed by atoms with Crippen LogP contribution in [0.3, 0.4) is 0 Å². The molecule has 0 heterocycles. The number of hydrogen-bond acceptors (Lipinski definition) is 2. The zero-order valence-corrected chi connectivity index (χ0v) is 13.2. The van der Waals surface area contributed by atoms with Crippen LogP contribution in [-0.4, -0.2) is 30.4 Å². The second-order valence-corrected chi connectivity index (χ2v) is 4.66. The molecule has 0 aromatic heterocycles. The van der Waals surface area contributed by atoms with Crippen LogP contribution in [0.4, 0.5) is 5.69 Å². The molecule has 0 aliphatic rings. The molecule has 0 bridgehead atoms. The average molecular weight is 336 g/mol. The van der Waals surface area contributed by atoms with Crippen LogP contribution in [0, 0.1) is 0 Å². The van der Waals surface area contributed by atoms with Crippen molar-refractivity contribution in [3.05, 3.63) is 28.7 Å². The summed E-state index contributed by atoms with van der Waals surface area (Å²) in [6, 6.07) is 7.64. The van der Waals surface area contributed by atoms with Gasteiger partial charge in [0.15, 0.2) is 0 Å². The van der Waals surface area contributed by atoms with Gasteiger partial charge in [0.1, 0.15) is 0 Å². The molecular weight excluding hydrogens is 316 g/mol. The largest absolute Gasteiger partial charge is 0.325 e. The molecule has 0 aliphatic carbocycles. The standard InChI is InChI=1S/C13H19BrN2O.ClH/c1-3-16(4-2)10-9-13(17)15-12-8-6-5-7-11(12)14;/h5-8H,3-4,9-10H2,1-2H3,(H,15,17);1H. The summed E-state index contributed by atoms with van der Waals surface area (Å²) >= 11 is 3.41. The van der Waals surface area contributed by atoms with Crippen LogP contribution in [0.15, 0.2) is 28.7 Å². The van der Waals surface area contributed by atoms with Crippen LogP contribution in [0.5, 0.6) is 0 Å². The summed E-state index contributed by atoms with van der Waals surface area (Å²) in [6.45, 7) is 6.99. The number of anilines is 1. The molecule has 0 unspecified atom stereocenters. The van der Waals surface area contributed by atoms with Gasteiger partial charge in [-0.15, -0.1) is 12.4 Å². The van der Waals surface area contributed by atoms with E-state index in [1.54, 1.807) is 0 Å². The lowest BCUT2D eigenvalue weighted by Gasteiger charge is -2.17. The Morgan fingerprint density at radius 2 is 1.89 bits per heavy atom. The SMILES string of the molecule is CCN(CC)CCC(=O)Nc1ccccc1Br.Cl. The predicted octanol–water partition coefficient (Wildman–Crippen LogP) is 3.54. The minimum absolute atomic E-state index is 0. The molecule has 5 heteroatoms. The maximum Gasteiger partial charge on any atom is 0.225 e. The van der Waals surface area contributed by atoms with Crippen molar-refractivity contribution in [1.29, 1.82) is 0 Å². The molecular formula is C13H20BrClN2O. The fourth-order valence-electron chi connectivity index (χ4n) is 1.57. The van der Waals surface area contributed by atoms with Gasteiger partial charge >= 0.3 is 0 Å². The minimum Gasteiger partial charge on any atom is -0.325 e. The van der Waals surface area contributed by atoms with E-state index in [0.717, 1.165) is 29.8 Å². The van der Waals surface area contributed by atoms with Crippen molar-refractivity contribution >= 4 is 39.9 Å². The lowest BCUT2D eigenvalue weighted by molar-refractivity contribution is -0.116. The molecule has 0 atom stereocenters. The van der Waals surface area contributed by atoms with Crippen molar-refractivity contribution in [2.45, 2.75) is 20.3 Å². The fourth-order valence-corrected chi connectivity index (χ4v) is 1.96. The first kappa shape index (κ1) is 17.4. The first-order valence-electron chi connectivity index (χ1n) is 5.94. The van der Waals surface area contributed by atoms with E-state index < -0.39 is 0 Å². The van der Waals surface area contributed by atoms with E-state index in [2.05, 4.69) is 40.0 Å². The van der Waals surface area contributed by atoms with Crippen molar-refractivity contribution in [1.82, 2.24) is 4.90 Å². The molecule has 1 aromatic rings. The number of carbonyl (C=O) groups is 1. The Kier molecular flexibility index (Phi) is 9.06. The number of rotatable bonds is 6. The highest BCUT2D eigenvalue weighted by Gasteiger charge is 2.07. The van der Waals surface area contributed by atoms with Crippen LogP contribution in [0.2, 0.25) is 0 Å². The first-order valence-corrected chi connectivity index (χ1v) is 6.73. The van der Waals surface area contributed by atoms with Crippen LogP contribution >= 0.6 is 28.3 Å². The summed E-state index contributed by atoms with van der Waals surface area (Å²) in [5.74, 6) is 0.0591. The van der Waals surface area contributed by atoms with Gasteiger partial charge in [0.05, 0.1) is 5.69 Å². The lowest BCUT2D eigenvalue weighted by atomic mass is 10.3. The first-order chi connectivity index (χ1) is 8.17. The molecule has 0 saturated heterocycles. The van der Waals surface area contributed by atoms with E-state index in [4.69, 9.17) is 0 Å². The quantitative estimate of drug-likeness (QED) is 0.862. The molecule has 102 valence electrons. The summed E-state index contributed by atoms with van der Waals surface area (Å²) in [6.07, 6.45) is 0.531. The van der Waals surface area contributed by atoms with E-state index in [1.165, 1.54) is 0 Å². The molecule has 1 N–H and O–H groups in total. The molecule has 1 amide bonds. The number of benzene rings is 1. The molecule has 0 aliphatic heterocycles.